The van der Waals surface area contributed by atoms with Gasteiger partial charge in [-0.3, -0.25) is 18.6 Å². The number of esters is 1. The molecule has 0 spiro atoms. The summed E-state index contributed by atoms with van der Waals surface area (Å²) in [5.41, 5.74) is 0. The van der Waals surface area contributed by atoms with E-state index < -0.39 is 57.6 Å². The van der Waals surface area contributed by atoms with Crippen LogP contribution in [-0.2, 0) is 32.7 Å². The molecule has 3 unspecified atom stereocenters. The quantitative estimate of drug-likeness (QED) is 0.0297. The van der Waals surface area contributed by atoms with E-state index in [4.69, 9.17) is 4.74 Å². The van der Waals surface area contributed by atoms with Crippen LogP contribution in [0, 0.1) is 0 Å². The zero-order valence-corrected chi connectivity index (χ0v) is 29.8. The molecule has 0 heterocycles. The zero-order valence-electron chi connectivity index (χ0n) is 28.9. The number of aliphatic hydroxyl groups is 1. The van der Waals surface area contributed by atoms with Gasteiger partial charge in [-0.2, -0.15) is 0 Å². The Morgan fingerprint density at radius 1 is 0.609 bits per heavy atom. The highest BCUT2D eigenvalue weighted by Crippen LogP contribution is 2.43. The van der Waals surface area contributed by atoms with Crippen LogP contribution in [0.5, 0.6) is 0 Å². The Morgan fingerprint density at radius 2 is 1.02 bits per heavy atom. The lowest BCUT2D eigenvalue weighted by atomic mass is 10.0. The van der Waals surface area contributed by atoms with Gasteiger partial charge in [0.25, 0.3) is 0 Å². The van der Waals surface area contributed by atoms with Crippen molar-refractivity contribution >= 4 is 25.7 Å². The molecule has 0 rings (SSSR count). The van der Waals surface area contributed by atoms with E-state index in [1.165, 1.54) is 103 Å². The van der Waals surface area contributed by atoms with Crippen molar-refractivity contribution in [3.63, 3.8) is 0 Å². The second-order valence-electron chi connectivity index (χ2n) is 12.4. The van der Waals surface area contributed by atoms with Crippen molar-refractivity contribution in [2.45, 2.75) is 180 Å². The van der Waals surface area contributed by atoms with Crippen LogP contribution in [0.15, 0.2) is 0 Å². The first kappa shape index (κ1) is 44.5. The number of carbonyl (C=O) groups is 3. The Bertz CT molecular complexity index is 813. The molecule has 4 N–H and O–H groups in total. The number of hydrogen-bond acceptors (Lipinski definition) is 8. The molecule has 272 valence electrons. The monoisotopic (exact) mass is 679 g/mol. The van der Waals surface area contributed by atoms with Crippen LogP contribution in [0.25, 0.3) is 0 Å². The summed E-state index contributed by atoms with van der Waals surface area (Å²) >= 11 is 0. The molecule has 0 radical (unpaired) electrons. The second kappa shape index (κ2) is 30.8. The molecule has 46 heavy (non-hydrogen) atoms. The maximum atomic E-state index is 12.0. The molecular formula is C34H66NO10P. The van der Waals surface area contributed by atoms with Crippen molar-refractivity contribution < 1.29 is 47.8 Å². The topological polar surface area (TPSA) is 169 Å². The molecule has 0 aliphatic rings. The van der Waals surface area contributed by atoms with E-state index in [0.717, 1.165) is 25.7 Å². The van der Waals surface area contributed by atoms with Crippen LogP contribution in [0.1, 0.15) is 168 Å². The van der Waals surface area contributed by atoms with Crippen molar-refractivity contribution in [1.82, 2.24) is 5.32 Å². The Balaban J connectivity index is 3.69. The van der Waals surface area contributed by atoms with Crippen molar-refractivity contribution in [2.24, 2.45) is 0 Å². The van der Waals surface area contributed by atoms with E-state index in [0.29, 0.717) is 12.8 Å². The van der Waals surface area contributed by atoms with Gasteiger partial charge in [0.05, 0.1) is 13.2 Å². The Labute approximate surface area is 278 Å². The van der Waals surface area contributed by atoms with Gasteiger partial charge in [-0.1, -0.05) is 142 Å². The minimum Gasteiger partial charge on any atom is -0.480 e. The van der Waals surface area contributed by atoms with Crippen molar-refractivity contribution in [3.8, 4) is 0 Å². The number of carbonyl (C=O) groups excluding carboxylic acids is 2. The summed E-state index contributed by atoms with van der Waals surface area (Å²) in [6.07, 6.45) is 25.9. The first-order chi connectivity index (χ1) is 22.1. The number of carboxylic acids is 1. The average Bonchev–Trinajstić information content (AvgIpc) is 3.02. The van der Waals surface area contributed by atoms with E-state index in [-0.39, 0.29) is 12.8 Å². The number of unbranched alkanes of at least 4 members (excludes halogenated alkanes) is 20. The van der Waals surface area contributed by atoms with Crippen LogP contribution < -0.4 is 5.32 Å². The molecule has 0 aliphatic heterocycles. The highest BCUT2D eigenvalue weighted by atomic mass is 31.2. The van der Waals surface area contributed by atoms with Gasteiger partial charge in [-0.15, -0.1) is 0 Å². The lowest BCUT2D eigenvalue weighted by Crippen LogP contribution is -2.43. The third-order valence-electron chi connectivity index (χ3n) is 7.90. The predicted molar refractivity (Wildman–Crippen MR) is 180 cm³/mol. The van der Waals surface area contributed by atoms with Crippen LogP contribution in [0.3, 0.4) is 0 Å². The summed E-state index contributed by atoms with van der Waals surface area (Å²) in [5, 5.41) is 21.3. The SMILES string of the molecule is CCCCCCCCCCCCCCCCCCCCCCC(=O)OCC(O)COP(=O)(O)OCC(NC(=O)CCCC)C(=O)O. The summed E-state index contributed by atoms with van der Waals surface area (Å²) in [6.45, 7) is 2.26. The summed E-state index contributed by atoms with van der Waals surface area (Å²) in [6, 6.07) is -1.53. The van der Waals surface area contributed by atoms with Crippen molar-refractivity contribution in [1.29, 1.82) is 0 Å². The molecule has 0 aromatic heterocycles. The summed E-state index contributed by atoms with van der Waals surface area (Å²) in [5.74, 6) is -2.41. The Hall–Kier alpha value is -1.52. The molecular weight excluding hydrogens is 613 g/mol. The minimum atomic E-state index is -4.72. The number of ether oxygens (including phenoxy) is 1. The lowest BCUT2D eigenvalue weighted by molar-refractivity contribution is -0.147. The molecule has 11 nitrogen and oxygen atoms in total. The molecule has 0 aromatic carbocycles. The van der Waals surface area contributed by atoms with Gasteiger partial charge in [-0.25, -0.2) is 9.36 Å². The van der Waals surface area contributed by atoms with E-state index >= 15 is 0 Å². The number of hydrogen-bond donors (Lipinski definition) is 4. The third kappa shape index (κ3) is 29.9. The van der Waals surface area contributed by atoms with Crippen LogP contribution in [-0.4, -0.2) is 64.9 Å². The highest BCUT2D eigenvalue weighted by molar-refractivity contribution is 7.47. The van der Waals surface area contributed by atoms with Gasteiger partial charge in [0.15, 0.2) is 6.04 Å². The standard InChI is InChI=1S/C34H66NO10P/c1-3-5-7-8-9-10-11-12-13-14-15-16-17-18-19-20-21-22-23-24-26-33(38)43-27-30(36)28-44-46(41,42)45-29-31(34(39)40)35-32(37)25-6-4-2/h30-31,36H,3-29H2,1-2H3,(H,35,37)(H,39,40)(H,41,42). The average molecular weight is 680 g/mol. The van der Waals surface area contributed by atoms with E-state index in [1.54, 1.807) is 0 Å². The smallest absolute Gasteiger partial charge is 0.472 e. The largest absolute Gasteiger partial charge is 0.480 e. The number of phosphoric ester groups is 1. The molecule has 3 atom stereocenters. The minimum absolute atomic E-state index is 0.123. The van der Waals surface area contributed by atoms with Gasteiger partial charge in [-0.05, 0) is 12.8 Å². The first-order valence-corrected chi connectivity index (χ1v) is 19.6. The molecule has 12 heteroatoms. The Kier molecular flexibility index (Phi) is 29.8. The van der Waals surface area contributed by atoms with E-state index in [1.807, 2.05) is 6.92 Å². The number of amides is 1. The lowest BCUT2D eigenvalue weighted by Gasteiger charge is -2.18. The van der Waals surface area contributed by atoms with Crippen molar-refractivity contribution in [3.05, 3.63) is 0 Å². The van der Waals surface area contributed by atoms with Gasteiger partial charge < -0.3 is 25.2 Å². The maximum absolute atomic E-state index is 12.0. The molecule has 1 amide bonds. The zero-order chi connectivity index (χ0) is 34.3. The van der Waals surface area contributed by atoms with Gasteiger partial charge in [0.2, 0.25) is 5.91 Å². The summed E-state index contributed by atoms with van der Waals surface area (Å²) < 4.78 is 26.4. The third-order valence-corrected chi connectivity index (χ3v) is 8.85. The number of aliphatic carboxylic acids is 1. The number of carboxylic acid groups (broad SMARTS) is 1. The first-order valence-electron chi connectivity index (χ1n) is 18.1. The fourth-order valence-electron chi connectivity index (χ4n) is 5.00. The second-order valence-corrected chi connectivity index (χ2v) is 13.9. The number of phosphoric acid groups is 1. The normalized spacial score (nSPS) is 14.0. The predicted octanol–water partition coefficient (Wildman–Crippen LogP) is 8.00. The van der Waals surface area contributed by atoms with Crippen LogP contribution >= 0.6 is 7.82 Å². The number of rotatable bonds is 34. The molecule has 0 aromatic rings. The van der Waals surface area contributed by atoms with E-state index in [2.05, 4.69) is 21.3 Å². The molecule has 0 aliphatic carbocycles. The van der Waals surface area contributed by atoms with Gasteiger partial charge >= 0.3 is 19.8 Å². The van der Waals surface area contributed by atoms with E-state index in [9.17, 15) is 34.1 Å². The van der Waals surface area contributed by atoms with Gasteiger partial charge in [0, 0.05) is 12.8 Å². The fraction of sp³-hybridized carbons (Fsp3) is 0.912. The van der Waals surface area contributed by atoms with Crippen molar-refractivity contribution in [2.75, 3.05) is 19.8 Å². The molecule has 0 saturated carbocycles. The Morgan fingerprint density at radius 3 is 1.46 bits per heavy atom. The summed E-state index contributed by atoms with van der Waals surface area (Å²) in [4.78, 5) is 44.7. The number of aliphatic hydroxyl groups excluding tert-OH is 1. The van der Waals surface area contributed by atoms with Gasteiger partial charge in [0.1, 0.15) is 12.7 Å². The number of nitrogens with one attached hydrogen (secondary N) is 1. The van der Waals surface area contributed by atoms with Crippen LogP contribution in [0.2, 0.25) is 0 Å². The maximum Gasteiger partial charge on any atom is 0.472 e. The van der Waals surface area contributed by atoms with Crippen LogP contribution in [0.4, 0.5) is 0 Å². The molecule has 0 fully saturated rings. The summed E-state index contributed by atoms with van der Waals surface area (Å²) in [7, 11) is -4.72. The highest BCUT2D eigenvalue weighted by Gasteiger charge is 2.28. The molecule has 0 bridgehead atoms. The molecule has 0 saturated heterocycles. The fourth-order valence-corrected chi connectivity index (χ4v) is 5.77.